The van der Waals surface area contributed by atoms with E-state index in [0.717, 1.165) is 0 Å². The Hall–Kier alpha value is -1.83. The van der Waals surface area contributed by atoms with Gasteiger partial charge in [0, 0.05) is 14.1 Å². The number of aliphatic imine (C=N–C) groups is 1. The summed E-state index contributed by atoms with van der Waals surface area (Å²) in [4.78, 5) is 6.50. The first-order valence-electron chi connectivity index (χ1n) is 5.86. The molecule has 2 rings (SSSR count). The van der Waals surface area contributed by atoms with Gasteiger partial charge in [0.15, 0.2) is 0 Å². The molecule has 0 radical (unpaired) electrons. The maximum Gasteiger partial charge on any atom is 0.0852 e. The van der Waals surface area contributed by atoms with Crippen LogP contribution >= 0.6 is 0 Å². The van der Waals surface area contributed by atoms with Gasteiger partial charge in [-0.15, -0.1) is 0 Å². The zero-order chi connectivity index (χ0) is 12.3. The van der Waals surface area contributed by atoms with E-state index in [9.17, 15) is 0 Å². The van der Waals surface area contributed by atoms with Gasteiger partial charge in [0.1, 0.15) is 0 Å². The van der Waals surface area contributed by atoms with Gasteiger partial charge in [-0.25, -0.2) is 0 Å². The van der Waals surface area contributed by atoms with E-state index in [4.69, 9.17) is 0 Å². The Balaban J connectivity index is 2.41. The fraction of sp³-hybridized carbons (Fsp3) is 0.267. The Labute approximate surface area is 103 Å². The van der Waals surface area contributed by atoms with Crippen molar-refractivity contribution >= 4 is 17.1 Å². The van der Waals surface area contributed by atoms with Crippen molar-refractivity contribution in [3.05, 3.63) is 48.0 Å². The zero-order valence-electron chi connectivity index (χ0n) is 10.6. The monoisotopic (exact) mass is 226 g/mol. The molecule has 1 atom stereocenters. The first kappa shape index (κ1) is 11.6. The summed E-state index contributed by atoms with van der Waals surface area (Å²) in [5.41, 5.74) is 1.28. The molecule has 0 fully saturated rings. The summed E-state index contributed by atoms with van der Waals surface area (Å²) in [7, 11) is 3.97. The molecule has 88 valence electrons. The van der Waals surface area contributed by atoms with Crippen LogP contribution in [0.1, 0.15) is 18.5 Å². The lowest BCUT2D eigenvalue weighted by Crippen LogP contribution is -2.08. The molecule has 0 unspecified atom stereocenters. The van der Waals surface area contributed by atoms with Crippen molar-refractivity contribution in [3.63, 3.8) is 0 Å². The highest BCUT2D eigenvalue weighted by Gasteiger charge is 2.06. The van der Waals surface area contributed by atoms with E-state index < -0.39 is 0 Å². The van der Waals surface area contributed by atoms with Gasteiger partial charge < -0.3 is 4.90 Å². The maximum atomic E-state index is 4.54. The lowest BCUT2D eigenvalue weighted by molar-refractivity contribution is 0.631. The summed E-state index contributed by atoms with van der Waals surface area (Å²) >= 11 is 0. The van der Waals surface area contributed by atoms with Gasteiger partial charge in [0.2, 0.25) is 0 Å². The predicted molar refractivity (Wildman–Crippen MR) is 74.5 cm³/mol. The van der Waals surface area contributed by atoms with E-state index >= 15 is 0 Å². The second-order valence-corrected chi connectivity index (χ2v) is 4.47. The van der Waals surface area contributed by atoms with E-state index in [0.29, 0.717) is 0 Å². The minimum Gasteiger partial charge on any atom is -0.369 e. The summed E-state index contributed by atoms with van der Waals surface area (Å²) < 4.78 is 0. The summed E-state index contributed by atoms with van der Waals surface area (Å²) in [6.45, 7) is 2.13. The molecular formula is C15H18N2. The van der Waals surface area contributed by atoms with Gasteiger partial charge in [0.25, 0.3) is 0 Å². The van der Waals surface area contributed by atoms with E-state index in [2.05, 4.69) is 54.4 Å². The molecule has 0 aliphatic rings. The molecule has 0 N–H and O–H groups in total. The number of rotatable bonds is 3. The van der Waals surface area contributed by atoms with Gasteiger partial charge in [-0.3, -0.25) is 4.99 Å². The van der Waals surface area contributed by atoms with Crippen LogP contribution in [-0.2, 0) is 0 Å². The second-order valence-electron chi connectivity index (χ2n) is 4.47. The molecule has 0 aliphatic heterocycles. The normalized spacial score (nSPS) is 13.1. The summed E-state index contributed by atoms with van der Waals surface area (Å²) in [5, 5.41) is 2.57. The maximum absolute atomic E-state index is 4.54. The molecule has 0 aromatic heterocycles. The van der Waals surface area contributed by atoms with Crippen LogP contribution in [0.2, 0.25) is 0 Å². The molecule has 2 aromatic carbocycles. The van der Waals surface area contributed by atoms with Gasteiger partial charge in [-0.1, -0.05) is 42.5 Å². The number of nitrogens with zero attached hydrogens (tertiary/aromatic N) is 2. The Kier molecular flexibility index (Phi) is 3.43. The molecule has 17 heavy (non-hydrogen) atoms. The summed E-state index contributed by atoms with van der Waals surface area (Å²) in [6.07, 6.45) is 1.87. The van der Waals surface area contributed by atoms with Gasteiger partial charge in [-0.2, -0.15) is 0 Å². The van der Waals surface area contributed by atoms with E-state index in [1.54, 1.807) is 0 Å². The molecular weight excluding hydrogens is 208 g/mol. The molecule has 0 spiro atoms. The Bertz CT molecular complexity index is 524. The average molecular weight is 226 g/mol. The quantitative estimate of drug-likeness (QED) is 0.578. The van der Waals surface area contributed by atoms with Crippen molar-refractivity contribution in [3.8, 4) is 0 Å². The first-order valence-corrected chi connectivity index (χ1v) is 5.86. The standard InChI is InChI=1S/C15H18N2/c1-12(16-11-17(2)3)14-10-6-8-13-7-4-5-9-15(13)14/h4-12H,1-3H3/t12-/m0/s1. The van der Waals surface area contributed by atoms with Crippen molar-refractivity contribution in [2.75, 3.05) is 14.1 Å². The molecule has 0 heterocycles. The Morgan fingerprint density at radius 3 is 2.53 bits per heavy atom. The number of hydrogen-bond donors (Lipinski definition) is 0. The van der Waals surface area contributed by atoms with Crippen LogP contribution in [0.4, 0.5) is 0 Å². The molecule has 0 saturated heterocycles. The predicted octanol–water partition coefficient (Wildman–Crippen LogP) is 3.49. The average Bonchev–Trinajstić information content (AvgIpc) is 2.35. The lowest BCUT2D eigenvalue weighted by Gasteiger charge is -2.12. The summed E-state index contributed by atoms with van der Waals surface area (Å²) in [6, 6.07) is 15.0. The smallest absolute Gasteiger partial charge is 0.0852 e. The number of fused-ring (bicyclic) bond motifs is 1. The Morgan fingerprint density at radius 2 is 1.76 bits per heavy atom. The largest absolute Gasteiger partial charge is 0.369 e. The molecule has 0 bridgehead atoms. The van der Waals surface area contributed by atoms with Crippen LogP contribution in [0, 0.1) is 0 Å². The fourth-order valence-corrected chi connectivity index (χ4v) is 1.93. The van der Waals surface area contributed by atoms with Gasteiger partial charge in [0.05, 0.1) is 12.4 Å². The van der Waals surface area contributed by atoms with Crippen molar-refractivity contribution in [2.24, 2.45) is 4.99 Å². The van der Waals surface area contributed by atoms with Crippen molar-refractivity contribution in [1.82, 2.24) is 4.90 Å². The SMILES string of the molecule is C[C@H](N=CN(C)C)c1cccc2ccccc12. The van der Waals surface area contributed by atoms with E-state index in [1.165, 1.54) is 16.3 Å². The number of benzene rings is 2. The van der Waals surface area contributed by atoms with Crippen molar-refractivity contribution < 1.29 is 0 Å². The highest BCUT2D eigenvalue weighted by atomic mass is 15.1. The highest BCUT2D eigenvalue weighted by Crippen LogP contribution is 2.25. The van der Waals surface area contributed by atoms with Crippen LogP contribution in [0.3, 0.4) is 0 Å². The zero-order valence-corrected chi connectivity index (χ0v) is 10.6. The summed E-state index contributed by atoms with van der Waals surface area (Å²) in [5.74, 6) is 0. The minimum absolute atomic E-state index is 0.184. The van der Waals surface area contributed by atoms with Crippen molar-refractivity contribution in [1.29, 1.82) is 0 Å². The number of hydrogen-bond acceptors (Lipinski definition) is 1. The molecule has 2 heteroatoms. The van der Waals surface area contributed by atoms with E-state index in [-0.39, 0.29) is 6.04 Å². The Morgan fingerprint density at radius 1 is 1.06 bits per heavy atom. The molecule has 0 saturated carbocycles. The third kappa shape index (κ3) is 2.64. The van der Waals surface area contributed by atoms with Crippen LogP contribution in [-0.4, -0.2) is 25.3 Å². The van der Waals surface area contributed by atoms with Crippen LogP contribution in [0.5, 0.6) is 0 Å². The van der Waals surface area contributed by atoms with Crippen LogP contribution < -0.4 is 0 Å². The van der Waals surface area contributed by atoms with Crippen molar-refractivity contribution in [2.45, 2.75) is 13.0 Å². The fourth-order valence-electron chi connectivity index (χ4n) is 1.93. The van der Waals surface area contributed by atoms with E-state index in [1.807, 2.05) is 25.3 Å². The van der Waals surface area contributed by atoms with Crippen LogP contribution in [0.25, 0.3) is 10.8 Å². The lowest BCUT2D eigenvalue weighted by atomic mass is 10.0. The third-order valence-corrected chi connectivity index (χ3v) is 2.79. The molecule has 2 aromatic rings. The minimum atomic E-state index is 0.184. The third-order valence-electron chi connectivity index (χ3n) is 2.79. The molecule has 0 amide bonds. The molecule has 0 aliphatic carbocycles. The van der Waals surface area contributed by atoms with Gasteiger partial charge in [-0.05, 0) is 23.3 Å². The topological polar surface area (TPSA) is 15.6 Å². The first-order chi connectivity index (χ1) is 8.18. The van der Waals surface area contributed by atoms with Crippen LogP contribution in [0.15, 0.2) is 47.5 Å². The van der Waals surface area contributed by atoms with Gasteiger partial charge >= 0.3 is 0 Å². The second kappa shape index (κ2) is 5.00. The molecule has 2 nitrogen and oxygen atoms in total. The highest BCUT2D eigenvalue weighted by molar-refractivity contribution is 5.86.